The monoisotopic (exact) mass is 429 g/mol. The molecular weight excluding hydrogens is 409 g/mol. The molecule has 160 valence electrons. The van der Waals surface area contributed by atoms with Gasteiger partial charge in [0.2, 0.25) is 5.91 Å². The van der Waals surface area contributed by atoms with E-state index in [1.165, 1.54) is 12.1 Å². The summed E-state index contributed by atoms with van der Waals surface area (Å²) in [5, 5.41) is 12.9. The van der Waals surface area contributed by atoms with Crippen LogP contribution < -0.4 is 10.2 Å². The van der Waals surface area contributed by atoms with E-state index in [0.717, 1.165) is 28.1 Å². The summed E-state index contributed by atoms with van der Waals surface area (Å²) < 4.78 is 15.6. The fraction of sp³-hybridized carbons (Fsp3) is 0.208. The predicted octanol–water partition coefficient (Wildman–Crippen LogP) is 3.27. The van der Waals surface area contributed by atoms with Gasteiger partial charge < -0.3 is 15.3 Å². The number of halogens is 1. The normalized spacial score (nSPS) is 17.8. The number of nitrogens with zero attached hydrogens (tertiary/aromatic N) is 4. The number of carbonyl (C=O) groups excluding carboxylic acids is 1. The lowest BCUT2D eigenvalue weighted by molar-refractivity contribution is -0.115. The van der Waals surface area contributed by atoms with Crippen molar-refractivity contribution in [2.24, 2.45) is 0 Å². The number of fused-ring (bicyclic) bond motifs is 2. The zero-order valence-electron chi connectivity index (χ0n) is 17.1. The van der Waals surface area contributed by atoms with Crippen LogP contribution in [0.25, 0.3) is 28.2 Å². The molecule has 2 aromatic carbocycles. The van der Waals surface area contributed by atoms with E-state index in [1.807, 2.05) is 33.7 Å². The smallest absolute Gasteiger partial charge is 0.228 e. The van der Waals surface area contributed by atoms with E-state index >= 15 is 0 Å². The number of rotatable bonds is 3. The van der Waals surface area contributed by atoms with Crippen LogP contribution in [0.5, 0.6) is 0 Å². The minimum Gasteiger partial charge on any atom is -0.391 e. The van der Waals surface area contributed by atoms with Crippen molar-refractivity contribution < 1.29 is 14.3 Å². The molecule has 1 fully saturated rings. The Kier molecular flexibility index (Phi) is 4.22. The number of hydrogen-bond donors (Lipinski definition) is 2. The Hall–Kier alpha value is -3.78. The number of aromatic nitrogens is 3. The number of amides is 1. The number of anilines is 2. The molecule has 1 saturated heterocycles. The molecule has 0 radical (unpaired) electrons. The molecule has 0 bridgehead atoms. The molecule has 0 saturated carbocycles. The SMILES string of the molecule is O=C1Cc2cc(-c3c(-c4ccc(F)cc4)nc4c(N5CC[C@H](O)C5)nccn34)ccc2N1. The number of imidazole rings is 1. The lowest BCUT2D eigenvalue weighted by Gasteiger charge is -2.17. The van der Waals surface area contributed by atoms with E-state index in [2.05, 4.69) is 10.3 Å². The first-order valence-corrected chi connectivity index (χ1v) is 10.6. The average molecular weight is 429 g/mol. The molecule has 2 aliphatic rings. The summed E-state index contributed by atoms with van der Waals surface area (Å²) in [4.78, 5) is 23.4. The van der Waals surface area contributed by atoms with Crippen LogP contribution in [-0.4, -0.2) is 44.6 Å². The molecule has 0 aliphatic carbocycles. The number of hydrogen-bond acceptors (Lipinski definition) is 5. The second-order valence-corrected chi connectivity index (χ2v) is 8.25. The zero-order valence-corrected chi connectivity index (χ0v) is 17.1. The molecule has 1 atom stereocenters. The molecule has 4 aromatic rings. The van der Waals surface area contributed by atoms with Crippen molar-refractivity contribution in [3.05, 3.63) is 66.2 Å². The maximum atomic E-state index is 13.6. The maximum absolute atomic E-state index is 13.6. The molecule has 4 heterocycles. The highest BCUT2D eigenvalue weighted by atomic mass is 19.1. The number of β-amino-alcohol motifs (C(OH)–C–C–N with tert-alkyl or cyclic N) is 1. The first kappa shape index (κ1) is 18.9. The van der Waals surface area contributed by atoms with Crippen LogP contribution >= 0.6 is 0 Å². The van der Waals surface area contributed by atoms with E-state index in [1.54, 1.807) is 18.3 Å². The molecule has 0 spiro atoms. The van der Waals surface area contributed by atoms with Gasteiger partial charge in [-0.1, -0.05) is 6.07 Å². The zero-order chi connectivity index (χ0) is 21.8. The highest BCUT2D eigenvalue weighted by Gasteiger charge is 2.27. The summed E-state index contributed by atoms with van der Waals surface area (Å²) in [6, 6.07) is 12.1. The fourth-order valence-corrected chi connectivity index (χ4v) is 4.58. The van der Waals surface area contributed by atoms with Crippen molar-refractivity contribution in [1.82, 2.24) is 14.4 Å². The van der Waals surface area contributed by atoms with Crippen molar-refractivity contribution >= 4 is 23.1 Å². The Morgan fingerprint density at radius 3 is 2.72 bits per heavy atom. The van der Waals surface area contributed by atoms with Gasteiger partial charge in [0.1, 0.15) is 5.82 Å². The molecule has 2 aromatic heterocycles. The number of nitrogens with one attached hydrogen (secondary N) is 1. The summed E-state index contributed by atoms with van der Waals surface area (Å²) in [5.41, 5.74) is 5.67. The Bertz CT molecular complexity index is 1370. The molecule has 2 N–H and O–H groups in total. The Labute approximate surface area is 183 Å². The molecule has 32 heavy (non-hydrogen) atoms. The fourth-order valence-electron chi connectivity index (χ4n) is 4.58. The molecule has 8 heteroatoms. The largest absolute Gasteiger partial charge is 0.391 e. The van der Waals surface area contributed by atoms with Gasteiger partial charge in [-0.25, -0.2) is 14.4 Å². The quantitative estimate of drug-likeness (QED) is 0.522. The van der Waals surface area contributed by atoms with Crippen LogP contribution in [0.1, 0.15) is 12.0 Å². The van der Waals surface area contributed by atoms with Gasteiger partial charge in [0.15, 0.2) is 11.5 Å². The summed E-state index contributed by atoms with van der Waals surface area (Å²) >= 11 is 0. The highest BCUT2D eigenvalue weighted by molar-refractivity contribution is 6.00. The second-order valence-electron chi connectivity index (χ2n) is 8.25. The van der Waals surface area contributed by atoms with E-state index in [4.69, 9.17) is 4.98 Å². The van der Waals surface area contributed by atoms with Gasteiger partial charge >= 0.3 is 0 Å². The second kappa shape index (κ2) is 7.13. The average Bonchev–Trinajstić information content (AvgIpc) is 3.49. The van der Waals surface area contributed by atoms with Crippen LogP contribution in [0.4, 0.5) is 15.9 Å². The molecular formula is C24H20FN5O2. The third-order valence-electron chi connectivity index (χ3n) is 6.11. The highest BCUT2D eigenvalue weighted by Crippen LogP contribution is 2.37. The predicted molar refractivity (Wildman–Crippen MR) is 119 cm³/mol. The first-order valence-electron chi connectivity index (χ1n) is 10.6. The van der Waals surface area contributed by atoms with Crippen molar-refractivity contribution in [1.29, 1.82) is 0 Å². The Morgan fingerprint density at radius 2 is 1.94 bits per heavy atom. The number of aliphatic hydroxyl groups is 1. The minimum absolute atomic E-state index is 0.0203. The van der Waals surface area contributed by atoms with Crippen molar-refractivity contribution in [2.45, 2.75) is 18.9 Å². The first-order chi connectivity index (χ1) is 15.6. The third-order valence-corrected chi connectivity index (χ3v) is 6.11. The molecule has 2 aliphatic heterocycles. The summed E-state index contributed by atoms with van der Waals surface area (Å²) in [7, 11) is 0. The maximum Gasteiger partial charge on any atom is 0.228 e. The van der Waals surface area contributed by atoms with E-state index in [0.29, 0.717) is 43.1 Å². The Morgan fingerprint density at radius 1 is 1.12 bits per heavy atom. The van der Waals surface area contributed by atoms with Crippen LogP contribution in [0.3, 0.4) is 0 Å². The van der Waals surface area contributed by atoms with Crippen LogP contribution in [0.15, 0.2) is 54.9 Å². The topological polar surface area (TPSA) is 82.8 Å². The van der Waals surface area contributed by atoms with Gasteiger partial charge in [0.25, 0.3) is 0 Å². The van der Waals surface area contributed by atoms with Crippen LogP contribution in [-0.2, 0) is 11.2 Å². The minimum atomic E-state index is -0.384. The third kappa shape index (κ3) is 3.03. The molecule has 1 amide bonds. The number of benzene rings is 2. The Balaban J connectivity index is 1.59. The molecule has 7 nitrogen and oxygen atoms in total. The van der Waals surface area contributed by atoms with Crippen LogP contribution in [0, 0.1) is 5.82 Å². The molecule has 6 rings (SSSR count). The van der Waals surface area contributed by atoms with Gasteiger partial charge in [-0.2, -0.15) is 0 Å². The molecule has 0 unspecified atom stereocenters. The van der Waals surface area contributed by atoms with Gasteiger partial charge in [-0.3, -0.25) is 9.20 Å². The summed E-state index contributed by atoms with van der Waals surface area (Å²) in [6.07, 6.45) is 4.23. The van der Waals surface area contributed by atoms with Gasteiger partial charge in [0.05, 0.1) is 23.9 Å². The number of aliphatic hydroxyl groups excluding tert-OH is 1. The van der Waals surface area contributed by atoms with E-state index in [-0.39, 0.29) is 17.8 Å². The summed E-state index contributed by atoms with van der Waals surface area (Å²) in [6.45, 7) is 1.21. The van der Waals surface area contributed by atoms with Crippen molar-refractivity contribution in [3.8, 4) is 22.5 Å². The van der Waals surface area contributed by atoms with Gasteiger partial charge in [-0.05, 0) is 48.4 Å². The van der Waals surface area contributed by atoms with Gasteiger partial charge in [-0.15, -0.1) is 0 Å². The van der Waals surface area contributed by atoms with E-state index < -0.39 is 0 Å². The lowest BCUT2D eigenvalue weighted by atomic mass is 10.0. The van der Waals surface area contributed by atoms with Crippen molar-refractivity contribution in [2.75, 3.05) is 23.3 Å². The van der Waals surface area contributed by atoms with E-state index in [9.17, 15) is 14.3 Å². The summed E-state index contributed by atoms with van der Waals surface area (Å²) in [5.74, 6) is 0.374. The standard InChI is InChI=1S/C24H20FN5O2/c25-17-4-1-14(2-5-17)21-22(15-3-6-19-16(11-15)12-20(32)27-19)30-10-8-26-23(24(30)28-21)29-9-7-18(31)13-29/h1-6,8,10-11,18,31H,7,9,12-13H2,(H,27,32)/t18-/m0/s1. The number of carbonyl (C=O) groups is 1. The van der Waals surface area contributed by atoms with Crippen LogP contribution in [0.2, 0.25) is 0 Å². The lowest BCUT2D eigenvalue weighted by Crippen LogP contribution is -2.23. The van der Waals surface area contributed by atoms with Crippen molar-refractivity contribution in [3.63, 3.8) is 0 Å². The van der Waals surface area contributed by atoms with Gasteiger partial charge in [0, 0.05) is 42.3 Å².